The van der Waals surface area contributed by atoms with Crippen LogP contribution in [0.2, 0.25) is 5.15 Å². The van der Waals surface area contributed by atoms with Crippen LogP contribution in [-0.4, -0.2) is 25.7 Å². The molecule has 0 radical (unpaired) electrons. The molecule has 0 bridgehead atoms. The molecular formula is C10H11ClN4O. The summed E-state index contributed by atoms with van der Waals surface area (Å²) < 4.78 is 7.56. The van der Waals surface area contributed by atoms with E-state index in [1.165, 1.54) is 0 Å². The minimum atomic E-state index is -0.00935. The van der Waals surface area contributed by atoms with Gasteiger partial charge in [-0.2, -0.15) is 0 Å². The maximum atomic E-state index is 6.08. The molecule has 0 spiro atoms. The summed E-state index contributed by atoms with van der Waals surface area (Å²) in [5.74, 6) is 0.770. The summed E-state index contributed by atoms with van der Waals surface area (Å²) in [6.45, 7) is 2.06. The fourth-order valence-corrected chi connectivity index (χ4v) is 2.27. The quantitative estimate of drug-likeness (QED) is 0.763. The van der Waals surface area contributed by atoms with Crippen LogP contribution in [0.3, 0.4) is 0 Å². The average molecular weight is 239 g/mol. The van der Waals surface area contributed by atoms with Crippen molar-refractivity contribution in [2.75, 3.05) is 0 Å². The molecule has 2 atom stereocenters. The zero-order valence-electron chi connectivity index (χ0n) is 8.80. The molecule has 2 unspecified atom stereocenters. The average Bonchev–Trinajstić information content (AvgIpc) is 2.84. The van der Waals surface area contributed by atoms with Gasteiger partial charge in [-0.3, -0.25) is 9.38 Å². The number of halogens is 1. The molecule has 1 aliphatic rings. The summed E-state index contributed by atoms with van der Waals surface area (Å²) >= 11 is 6.08. The Morgan fingerprint density at radius 3 is 3.00 bits per heavy atom. The minimum absolute atomic E-state index is 0.00935. The Labute approximate surface area is 97.4 Å². The maximum absolute atomic E-state index is 6.08. The maximum Gasteiger partial charge on any atom is 0.180 e. The van der Waals surface area contributed by atoms with Crippen molar-refractivity contribution in [3.05, 3.63) is 23.4 Å². The van der Waals surface area contributed by atoms with Crippen LogP contribution in [0.25, 0.3) is 5.65 Å². The molecule has 0 aliphatic carbocycles. The first-order chi connectivity index (χ1) is 7.75. The molecule has 3 heterocycles. The summed E-state index contributed by atoms with van der Waals surface area (Å²) in [7, 11) is 0. The lowest BCUT2D eigenvalue weighted by atomic mass is 10.2. The molecular weight excluding hydrogens is 228 g/mol. The van der Waals surface area contributed by atoms with E-state index in [2.05, 4.69) is 22.1 Å². The lowest BCUT2D eigenvalue weighted by Crippen LogP contribution is -2.06. The van der Waals surface area contributed by atoms with E-state index in [1.54, 1.807) is 16.8 Å². The van der Waals surface area contributed by atoms with Gasteiger partial charge in [0.2, 0.25) is 0 Å². The van der Waals surface area contributed by atoms with Gasteiger partial charge in [0.25, 0.3) is 0 Å². The first-order valence-corrected chi connectivity index (χ1v) is 5.63. The molecule has 0 N–H and O–H groups in total. The Balaban J connectivity index is 2.10. The largest absolute Gasteiger partial charge is 0.367 e. The van der Waals surface area contributed by atoms with Gasteiger partial charge in [-0.05, 0) is 19.8 Å². The molecule has 84 valence electrons. The zero-order chi connectivity index (χ0) is 11.1. The van der Waals surface area contributed by atoms with Crippen LogP contribution < -0.4 is 0 Å². The highest BCUT2D eigenvalue weighted by Crippen LogP contribution is 2.32. The first kappa shape index (κ1) is 9.99. The Hall–Kier alpha value is -1.20. The third-order valence-electron chi connectivity index (χ3n) is 2.82. The van der Waals surface area contributed by atoms with Gasteiger partial charge in [-0.25, -0.2) is 0 Å². The Morgan fingerprint density at radius 1 is 1.38 bits per heavy atom. The van der Waals surface area contributed by atoms with Crippen molar-refractivity contribution in [3.63, 3.8) is 0 Å². The number of rotatable bonds is 1. The van der Waals surface area contributed by atoms with Gasteiger partial charge >= 0.3 is 0 Å². The smallest absolute Gasteiger partial charge is 0.180 e. The third-order valence-corrected chi connectivity index (χ3v) is 3.08. The van der Waals surface area contributed by atoms with Crippen LogP contribution >= 0.6 is 11.6 Å². The number of nitrogens with zero attached hydrogens (tertiary/aromatic N) is 4. The van der Waals surface area contributed by atoms with Crippen molar-refractivity contribution < 1.29 is 4.74 Å². The molecule has 1 fully saturated rings. The standard InChI is InChI=1S/C10H11ClN4O/c1-6-2-3-7(16-6)10-14-13-9-5-12-4-8(11)15(9)10/h4-7H,2-3H2,1H3. The van der Waals surface area contributed by atoms with Gasteiger partial charge in [0.15, 0.2) is 11.5 Å². The number of fused-ring (bicyclic) bond motifs is 1. The second-order valence-electron chi connectivity index (χ2n) is 3.99. The van der Waals surface area contributed by atoms with Crippen molar-refractivity contribution in [2.45, 2.75) is 32.0 Å². The lowest BCUT2D eigenvalue weighted by Gasteiger charge is -2.09. The molecule has 6 heteroatoms. The monoisotopic (exact) mass is 238 g/mol. The highest BCUT2D eigenvalue weighted by Gasteiger charge is 2.28. The van der Waals surface area contributed by atoms with Crippen LogP contribution in [0.5, 0.6) is 0 Å². The van der Waals surface area contributed by atoms with E-state index in [-0.39, 0.29) is 12.2 Å². The zero-order valence-corrected chi connectivity index (χ0v) is 9.55. The molecule has 5 nitrogen and oxygen atoms in total. The molecule has 1 aliphatic heterocycles. The van der Waals surface area contributed by atoms with Gasteiger partial charge in [0.05, 0.1) is 18.5 Å². The highest BCUT2D eigenvalue weighted by atomic mass is 35.5. The van der Waals surface area contributed by atoms with Gasteiger partial charge in [0.1, 0.15) is 11.3 Å². The van der Waals surface area contributed by atoms with E-state index in [4.69, 9.17) is 16.3 Å². The lowest BCUT2D eigenvalue weighted by molar-refractivity contribution is 0.0497. The topological polar surface area (TPSA) is 52.3 Å². The molecule has 0 saturated carbocycles. The predicted molar refractivity (Wildman–Crippen MR) is 58.3 cm³/mol. The summed E-state index contributed by atoms with van der Waals surface area (Å²) in [5, 5.41) is 8.69. The first-order valence-electron chi connectivity index (χ1n) is 5.25. The normalized spacial score (nSPS) is 25.4. The van der Waals surface area contributed by atoms with Gasteiger partial charge in [-0.15, -0.1) is 10.2 Å². The number of hydrogen-bond donors (Lipinski definition) is 0. The summed E-state index contributed by atoms with van der Waals surface area (Å²) in [6.07, 6.45) is 5.49. The van der Waals surface area contributed by atoms with Gasteiger partial charge in [-0.1, -0.05) is 11.6 Å². The fourth-order valence-electron chi connectivity index (χ4n) is 2.04. The highest BCUT2D eigenvalue weighted by molar-refractivity contribution is 6.29. The molecule has 0 amide bonds. The van der Waals surface area contributed by atoms with Crippen LogP contribution in [0.15, 0.2) is 12.4 Å². The van der Waals surface area contributed by atoms with Crippen LogP contribution in [0.4, 0.5) is 0 Å². The van der Waals surface area contributed by atoms with E-state index in [0.717, 1.165) is 18.7 Å². The third kappa shape index (κ3) is 1.47. The van der Waals surface area contributed by atoms with E-state index in [9.17, 15) is 0 Å². The second-order valence-corrected chi connectivity index (χ2v) is 4.38. The number of ether oxygens (including phenoxy) is 1. The summed E-state index contributed by atoms with van der Waals surface area (Å²) in [6, 6.07) is 0. The molecule has 2 aromatic heterocycles. The van der Waals surface area contributed by atoms with Crippen LogP contribution in [-0.2, 0) is 4.74 Å². The van der Waals surface area contributed by atoms with Crippen LogP contribution in [0, 0.1) is 0 Å². The Kier molecular flexibility index (Phi) is 2.29. The Bertz CT molecular complexity index is 527. The second kappa shape index (κ2) is 3.68. The van der Waals surface area contributed by atoms with E-state index < -0.39 is 0 Å². The van der Waals surface area contributed by atoms with Gasteiger partial charge in [0, 0.05) is 0 Å². The molecule has 0 aromatic carbocycles. The van der Waals surface area contributed by atoms with Crippen molar-refractivity contribution >= 4 is 17.2 Å². The van der Waals surface area contributed by atoms with Crippen molar-refractivity contribution in [1.82, 2.24) is 19.6 Å². The van der Waals surface area contributed by atoms with E-state index in [1.807, 2.05) is 0 Å². The number of hydrogen-bond acceptors (Lipinski definition) is 4. The van der Waals surface area contributed by atoms with Crippen molar-refractivity contribution in [1.29, 1.82) is 0 Å². The summed E-state index contributed by atoms with van der Waals surface area (Å²) in [5.41, 5.74) is 0.658. The van der Waals surface area contributed by atoms with Crippen molar-refractivity contribution in [3.8, 4) is 0 Å². The minimum Gasteiger partial charge on any atom is -0.367 e. The molecule has 1 saturated heterocycles. The van der Waals surface area contributed by atoms with Gasteiger partial charge < -0.3 is 4.74 Å². The fraction of sp³-hybridized carbons (Fsp3) is 0.500. The molecule has 3 rings (SSSR count). The van der Waals surface area contributed by atoms with Crippen LogP contribution in [0.1, 0.15) is 31.7 Å². The molecule has 2 aromatic rings. The van der Waals surface area contributed by atoms with E-state index in [0.29, 0.717) is 10.8 Å². The number of aromatic nitrogens is 4. The SMILES string of the molecule is CC1CCC(c2nnc3cncc(Cl)n23)O1. The molecule has 16 heavy (non-hydrogen) atoms. The Morgan fingerprint density at radius 2 is 2.25 bits per heavy atom. The summed E-state index contributed by atoms with van der Waals surface area (Å²) in [4.78, 5) is 3.97. The van der Waals surface area contributed by atoms with Crippen molar-refractivity contribution in [2.24, 2.45) is 0 Å². The van der Waals surface area contributed by atoms with E-state index >= 15 is 0 Å². The predicted octanol–water partition coefficient (Wildman–Crippen LogP) is 2.02.